The van der Waals surface area contributed by atoms with E-state index in [0.717, 1.165) is 31.1 Å². The van der Waals surface area contributed by atoms with Crippen molar-refractivity contribution in [3.63, 3.8) is 0 Å². The van der Waals surface area contributed by atoms with E-state index >= 15 is 0 Å². The number of aromatic nitrogens is 4. The molecule has 0 amide bonds. The Morgan fingerprint density at radius 3 is 3.11 bits per heavy atom. The van der Waals surface area contributed by atoms with Crippen molar-refractivity contribution < 1.29 is 4.52 Å². The number of hydrogen-bond donors (Lipinski definition) is 0. The van der Waals surface area contributed by atoms with E-state index in [2.05, 4.69) is 20.1 Å². The van der Waals surface area contributed by atoms with Crippen molar-refractivity contribution in [1.29, 1.82) is 0 Å². The molecule has 2 aromatic rings. The number of aryl methyl sites for hydroxylation is 1. The summed E-state index contributed by atoms with van der Waals surface area (Å²) in [7, 11) is 0. The molecule has 1 aliphatic heterocycles. The third-order valence-corrected chi connectivity index (χ3v) is 3.66. The largest absolute Gasteiger partial charge is 0.361 e. The second-order valence-electron chi connectivity index (χ2n) is 5.17. The number of rotatable bonds is 4. The van der Waals surface area contributed by atoms with Crippen LogP contribution in [0.25, 0.3) is 0 Å². The van der Waals surface area contributed by atoms with E-state index in [-0.39, 0.29) is 0 Å². The van der Waals surface area contributed by atoms with Crippen LogP contribution in [0.3, 0.4) is 0 Å². The first kappa shape index (κ1) is 12.3. The lowest BCUT2D eigenvalue weighted by Crippen LogP contribution is -2.41. The van der Waals surface area contributed by atoms with Crippen molar-refractivity contribution in [3.8, 4) is 0 Å². The van der Waals surface area contributed by atoms with Crippen molar-refractivity contribution in [2.24, 2.45) is 0 Å². The summed E-state index contributed by atoms with van der Waals surface area (Å²) in [6.07, 6.45) is 7.12. The van der Waals surface area contributed by atoms with Gasteiger partial charge < -0.3 is 4.52 Å². The smallest absolute Gasteiger partial charge is 0.137 e. The number of nitrogens with zero attached hydrogens (tertiary/aromatic N) is 5. The SMILES string of the molecule is Cc1cc(CN2CCCC[C@@H]2Cn2cncn2)no1. The monoisotopic (exact) mass is 261 g/mol. The highest BCUT2D eigenvalue weighted by Crippen LogP contribution is 2.20. The Morgan fingerprint density at radius 1 is 1.42 bits per heavy atom. The Kier molecular flexibility index (Phi) is 3.59. The molecule has 1 aliphatic rings. The summed E-state index contributed by atoms with van der Waals surface area (Å²) in [5, 5.41) is 8.29. The Hall–Kier alpha value is -1.69. The lowest BCUT2D eigenvalue weighted by Gasteiger charge is -2.34. The van der Waals surface area contributed by atoms with Gasteiger partial charge in [0.1, 0.15) is 18.4 Å². The summed E-state index contributed by atoms with van der Waals surface area (Å²) >= 11 is 0. The van der Waals surface area contributed by atoms with Gasteiger partial charge in [0.25, 0.3) is 0 Å². The Labute approximate surface area is 112 Å². The number of likely N-dealkylation sites (tertiary alicyclic amines) is 1. The van der Waals surface area contributed by atoms with Crippen molar-refractivity contribution in [2.75, 3.05) is 6.54 Å². The highest BCUT2D eigenvalue weighted by molar-refractivity contribution is 5.03. The van der Waals surface area contributed by atoms with Gasteiger partial charge in [0.15, 0.2) is 0 Å². The topological polar surface area (TPSA) is 60.0 Å². The molecule has 0 spiro atoms. The molecule has 3 rings (SSSR count). The predicted octanol–water partition coefficient (Wildman–Crippen LogP) is 1.63. The molecular formula is C13H19N5O. The van der Waals surface area contributed by atoms with Gasteiger partial charge in [0, 0.05) is 18.7 Å². The molecule has 6 nitrogen and oxygen atoms in total. The molecule has 6 heteroatoms. The van der Waals surface area contributed by atoms with Gasteiger partial charge in [-0.05, 0) is 26.3 Å². The molecule has 2 aromatic heterocycles. The van der Waals surface area contributed by atoms with Gasteiger partial charge in [-0.1, -0.05) is 11.6 Å². The maximum Gasteiger partial charge on any atom is 0.137 e. The minimum absolute atomic E-state index is 0.507. The number of hydrogen-bond acceptors (Lipinski definition) is 5. The first-order chi connectivity index (χ1) is 9.31. The van der Waals surface area contributed by atoms with Gasteiger partial charge in [0.05, 0.1) is 12.2 Å². The van der Waals surface area contributed by atoms with E-state index < -0.39 is 0 Å². The molecule has 1 atom stereocenters. The molecule has 0 aromatic carbocycles. The molecule has 0 unspecified atom stereocenters. The second-order valence-corrected chi connectivity index (χ2v) is 5.17. The Balaban J connectivity index is 1.66. The molecule has 19 heavy (non-hydrogen) atoms. The van der Waals surface area contributed by atoms with Gasteiger partial charge in [-0.25, -0.2) is 4.98 Å². The van der Waals surface area contributed by atoms with Crippen molar-refractivity contribution >= 4 is 0 Å². The third kappa shape index (κ3) is 3.01. The molecule has 0 bridgehead atoms. The summed E-state index contributed by atoms with van der Waals surface area (Å²) in [5.74, 6) is 0.875. The third-order valence-electron chi connectivity index (χ3n) is 3.66. The molecule has 102 valence electrons. The summed E-state index contributed by atoms with van der Waals surface area (Å²) < 4.78 is 7.06. The highest BCUT2D eigenvalue weighted by Gasteiger charge is 2.23. The maximum absolute atomic E-state index is 5.14. The molecule has 1 fully saturated rings. The standard InChI is InChI=1S/C13H19N5O/c1-11-6-12(16-19-11)7-17-5-3-2-4-13(17)8-18-10-14-9-15-18/h6,9-10,13H,2-5,7-8H2,1H3/t13-/m1/s1. The molecule has 0 aliphatic carbocycles. The lowest BCUT2D eigenvalue weighted by molar-refractivity contribution is 0.119. The summed E-state index contributed by atoms with van der Waals surface area (Å²) in [6.45, 7) is 4.80. The molecule has 0 saturated carbocycles. The van der Waals surface area contributed by atoms with Gasteiger partial charge in [-0.15, -0.1) is 0 Å². The van der Waals surface area contributed by atoms with Crippen molar-refractivity contribution in [3.05, 3.63) is 30.2 Å². The maximum atomic E-state index is 5.14. The molecule has 3 heterocycles. The Morgan fingerprint density at radius 2 is 2.37 bits per heavy atom. The van der Waals surface area contributed by atoms with Gasteiger partial charge in [-0.3, -0.25) is 9.58 Å². The van der Waals surface area contributed by atoms with E-state index in [0.29, 0.717) is 6.04 Å². The Bertz CT molecular complexity index is 507. The fourth-order valence-electron chi connectivity index (χ4n) is 2.72. The van der Waals surface area contributed by atoms with Crippen LogP contribution in [0.2, 0.25) is 0 Å². The van der Waals surface area contributed by atoms with Crippen LogP contribution in [0.5, 0.6) is 0 Å². The van der Waals surface area contributed by atoms with E-state index in [4.69, 9.17) is 4.52 Å². The van der Waals surface area contributed by atoms with Gasteiger partial charge in [-0.2, -0.15) is 5.10 Å². The number of piperidine rings is 1. The van der Waals surface area contributed by atoms with E-state index in [1.54, 1.807) is 12.7 Å². The zero-order valence-corrected chi connectivity index (χ0v) is 11.2. The molecular weight excluding hydrogens is 242 g/mol. The summed E-state index contributed by atoms with van der Waals surface area (Å²) in [5.41, 5.74) is 1.02. The fourth-order valence-corrected chi connectivity index (χ4v) is 2.72. The van der Waals surface area contributed by atoms with Gasteiger partial charge in [0.2, 0.25) is 0 Å². The lowest BCUT2D eigenvalue weighted by atomic mass is 10.0. The predicted molar refractivity (Wildman–Crippen MR) is 69.3 cm³/mol. The van der Waals surface area contributed by atoms with Crippen molar-refractivity contribution in [2.45, 2.75) is 45.3 Å². The average molecular weight is 261 g/mol. The summed E-state index contributed by atoms with van der Waals surface area (Å²) in [6, 6.07) is 2.52. The van der Waals surface area contributed by atoms with Crippen LogP contribution in [-0.4, -0.2) is 37.4 Å². The first-order valence-corrected chi connectivity index (χ1v) is 6.80. The molecule has 1 saturated heterocycles. The van der Waals surface area contributed by atoms with Crippen LogP contribution in [-0.2, 0) is 13.1 Å². The molecule has 0 N–H and O–H groups in total. The van der Waals surface area contributed by atoms with Crippen LogP contribution in [0.15, 0.2) is 23.2 Å². The van der Waals surface area contributed by atoms with E-state index in [9.17, 15) is 0 Å². The zero-order chi connectivity index (χ0) is 13.1. The fraction of sp³-hybridized carbons (Fsp3) is 0.615. The van der Waals surface area contributed by atoms with Crippen molar-refractivity contribution in [1.82, 2.24) is 24.8 Å². The van der Waals surface area contributed by atoms with Crippen LogP contribution in [0.4, 0.5) is 0 Å². The normalized spacial score (nSPS) is 20.8. The van der Waals surface area contributed by atoms with E-state index in [1.165, 1.54) is 19.3 Å². The summed E-state index contributed by atoms with van der Waals surface area (Å²) in [4.78, 5) is 6.48. The van der Waals surface area contributed by atoms with Crippen LogP contribution < -0.4 is 0 Å². The second kappa shape index (κ2) is 5.52. The first-order valence-electron chi connectivity index (χ1n) is 6.80. The minimum atomic E-state index is 0.507. The minimum Gasteiger partial charge on any atom is -0.361 e. The highest BCUT2D eigenvalue weighted by atomic mass is 16.5. The molecule has 0 radical (unpaired) electrons. The van der Waals surface area contributed by atoms with E-state index in [1.807, 2.05) is 17.7 Å². The van der Waals surface area contributed by atoms with Crippen LogP contribution in [0.1, 0.15) is 30.7 Å². The zero-order valence-electron chi connectivity index (χ0n) is 11.2. The quantitative estimate of drug-likeness (QED) is 0.837. The van der Waals surface area contributed by atoms with Gasteiger partial charge >= 0.3 is 0 Å². The van der Waals surface area contributed by atoms with Crippen LogP contribution in [0, 0.1) is 6.92 Å². The van der Waals surface area contributed by atoms with Crippen LogP contribution >= 0.6 is 0 Å². The average Bonchev–Trinajstić information content (AvgIpc) is 3.04.